The monoisotopic (exact) mass is 302 g/mol. The Kier molecular flexibility index (Phi) is 4.70. The summed E-state index contributed by atoms with van der Waals surface area (Å²) in [5.74, 6) is 0.0606. The quantitative estimate of drug-likeness (QED) is 0.559. The van der Waals surface area contributed by atoms with Crippen LogP contribution in [0.2, 0.25) is 0 Å². The molecule has 0 bridgehead atoms. The van der Waals surface area contributed by atoms with E-state index in [1.54, 1.807) is 0 Å². The highest BCUT2D eigenvalue weighted by atomic mass is 16.4. The molecule has 2 aliphatic carbocycles. The maximum atomic E-state index is 11.9. The largest absolute Gasteiger partial charge is 0.481 e. The summed E-state index contributed by atoms with van der Waals surface area (Å²) in [4.78, 5) is 11.9. The lowest BCUT2D eigenvalue weighted by atomic mass is 9.48. The molecule has 0 spiro atoms. The number of carboxylic acid groups (broad SMARTS) is 1. The van der Waals surface area contributed by atoms with E-state index in [2.05, 4.69) is 39.5 Å². The van der Waals surface area contributed by atoms with Crippen LogP contribution in [0.15, 0.2) is 36.0 Å². The van der Waals surface area contributed by atoms with Crippen molar-refractivity contribution in [2.75, 3.05) is 0 Å². The van der Waals surface area contributed by atoms with Crippen LogP contribution in [0, 0.1) is 22.7 Å². The minimum Gasteiger partial charge on any atom is -0.481 e. The minimum absolute atomic E-state index is 0.0855. The van der Waals surface area contributed by atoms with Gasteiger partial charge in [0.25, 0.3) is 0 Å². The molecule has 2 aliphatic rings. The third kappa shape index (κ3) is 2.68. The van der Waals surface area contributed by atoms with Gasteiger partial charge in [0.15, 0.2) is 0 Å². The van der Waals surface area contributed by atoms with Crippen LogP contribution in [0.25, 0.3) is 0 Å². The minimum atomic E-state index is -0.618. The first-order valence-electron chi connectivity index (χ1n) is 8.45. The Morgan fingerprint density at radius 3 is 2.73 bits per heavy atom. The summed E-state index contributed by atoms with van der Waals surface area (Å²) in [6.07, 6.45) is 11.3. The first-order chi connectivity index (χ1) is 10.3. The van der Waals surface area contributed by atoms with Gasteiger partial charge >= 0.3 is 5.97 Å². The van der Waals surface area contributed by atoms with E-state index in [0.29, 0.717) is 5.92 Å². The van der Waals surface area contributed by atoms with Gasteiger partial charge in [0.2, 0.25) is 0 Å². The highest BCUT2D eigenvalue weighted by Gasteiger charge is 2.56. The molecule has 0 aromatic heterocycles. The zero-order valence-electron chi connectivity index (χ0n) is 14.5. The van der Waals surface area contributed by atoms with Crippen molar-refractivity contribution in [1.29, 1.82) is 0 Å². The molecule has 4 atom stereocenters. The molecule has 0 radical (unpaired) electrons. The summed E-state index contributed by atoms with van der Waals surface area (Å²) in [5.41, 5.74) is 2.14. The normalized spacial score (nSPS) is 38.9. The summed E-state index contributed by atoms with van der Waals surface area (Å²) >= 11 is 0. The fraction of sp³-hybridized carbons (Fsp3) is 0.650. The Balaban J connectivity index is 2.39. The fourth-order valence-electron chi connectivity index (χ4n) is 4.92. The number of hydrogen-bond donors (Lipinski definition) is 1. The molecule has 0 aliphatic heterocycles. The van der Waals surface area contributed by atoms with Gasteiger partial charge in [0, 0.05) is 0 Å². The maximum absolute atomic E-state index is 11.9. The van der Waals surface area contributed by atoms with Gasteiger partial charge in [0.05, 0.1) is 5.41 Å². The molecule has 0 aromatic carbocycles. The molecule has 2 nitrogen and oxygen atoms in total. The summed E-state index contributed by atoms with van der Waals surface area (Å²) in [5, 5.41) is 9.81. The van der Waals surface area contributed by atoms with Gasteiger partial charge in [-0.2, -0.15) is 0 Å². The molecule has 2 heteroatoms. The molecule has 0 amide bonds. The van der Waals surface area contributed by atoms with Crippen molar-refractivity contribution >= 4 is 5.97 Å². The van der Waals surface area contributed by atoms with Gasteiger partial charge in [-0.1, -0.05) is 49.3 Å². The van der Waals surface area contributed by atoms with Gasteiger partial charge in [0.1, 0.15) is 0 Å². The van der Waals surface area contributed by atoms with E-state index in [9.17, 15) is 9.90 Å². The van der Waals surface area contributed by atoms with Crippen LogP contribution in [0.5, 0.6) is 0 Å². The Labute approximate surface area is 135 Å². The first-order valence-corrected chi connectivity index (χ1v) is 8.45. The van der Waals surface area contributed by atoms with Gasteiger partial charge in [-0.05, 0) is 63.7 Å². The average Bonchev–Trinajstić information content (AvgIpc) is 2.45. The number of aliphatic carboxylic acids is 1. The number of carboxylic acids is 1. The third-order valence-electron chi connectivity index (χ3n) is 6.48. The Bertz CT molecular complexity index is 528. The highest BCUT2D eigenvalue weighted by Crippen LogP contribution is 2.60. The van der Waals surface area contributed by atoms with E-state index < -0.39 is 11.4 Å². The van der Waals surface area contributed by atoms with Crippen LogP contribution < -0.4 is 0 Å². The lowest BCUT2D eigenvalue weighted by Crippen LogP contribution is -2.52. The van der Waals surface area contributed by atoms with Crippen molar-refractivity contribution in [3.63, 3.8) is 0 Å². The molecule has 1 saturated carbocycles. The molecule has 0 unspecified atom stereocenters. The van der Waals surface area contributed by atoms with Crippen molar-refractivity contribution in [3.8, 4) is 0 Å². The molecule has 0 saturated heterocycles. The van der Waals surface area contributed by atoms with E-state index in [1.165, 1.54) is 11.1 Å². The number of carbonyl (C=O) groups is 1. The molecular weight excluding hydrogens is 272 g/mol. The highest BCUT2D eigenvalue weighted by molar-refractivity contribution is 5.75. The molecule has 2 rings (SSSR count). The van der Waals surface area contributed by atoms with Crippen LogP contribution in [0.3, 0.4) is 0 Å². The second-order valence-corrected chi connectivity index (χ2v) is 7.76. The predicted molar refractivity (Wildman–Crippen MR) is 91.6 cm³/mol. The molecule has 1 N–H and O–H groups in total. The number of allylic oxidation sites excluding steroid dienone is 5. The lowest BCUT2D eigenvalue weighted by molar-refractivity contribution is -0.162. The maximum Gasteiger partial charge on any atom is 0.309 e. The summed E-state index contributed by atoms with van der Waals surface area (Å²) < 4.78 is 0. The lowest BCUT2D eigenvalue weighted by Gasteiger charge is -2.56. The van der Waals surface area contributed by atoms with E-state index in [-0.39, 0.29) is 11.3 Å². The van der Waals surface area contributed by atoms with Crippen LogP contribution >= 0.6 is 0 Å². The fourth-order valence-corrected chi connectivity index (χ4v) is 4.92. The van der Waals surface area contributed by atoms with Crippen molar-refractivity contribution in [3.05, 3.63) is 36.0 Å². The molecular formula is C20H30O2. The molecule has 1 fully saturated rings. The van der Waals surface area contributed by atoms with Crippen molar-refractivity contribution in [2.24, 2.45) is 22.7 Å². The van der Waals surface area contributed by atoms with Crippen LogP contribution in [-0.4, -0.2) is 11.1 Å². The van der Waals surface area contributed by atoms with E-state index in [4.69, 9.17) is 0 Å². The van der Waals surface area contributed by atoms with Gasteiger partial charge in [-0.3, -0.25) is 4.79 Å². The molecule has 22 heavy (non-hydrogen) atoms. The summed E-state index contributed by atoms with van der Waals surface area (Å²) in [7, 11) is 0. The zero-order valence-corrected chi connectivity index (χ0v) is 14.5. The SMILES string of the molecule is C=C/C(C)=C/C[C@H]1C(C)=CC[C@@H]2[C@]1(C)CCC[C@@]2(C)C(=O)O. The Hall–Kier alpha value is -1.31. The smallest absolute Gasteiger partial charge is 0.309 e. The topological polar surface area (TPSA) is 37.3 Å². The van der Waals surface area contributed by atoms with Gasteiger partial charge in [-0.15, -0.1) is 0 Å². The van der Waals surface area contributed by atoms with Crippen molar-refractivity contribution in [2.45, 2.75) is 59.8 Å². The van der Waals surface area contributed by atoms with Crippen LogP contribution in [0.1, 0.15) is 59.8 Å². The third-order valence-corrected chi connectivity index (χ3v) is 6.48. The van der Waals surface area contributed by atoms with Crippen LogP contribution in [-0.2, 0) is 4.79 Å². The number of fused-ring (bicyclic) bond motifs is 1. The molecule has 0 heterocycles. The van der Waals surface area contributed by atoms with Crippen molar-refractivity contribution < 1.29 is 9.90 Å². The summed E-state index contributed by atoms with van der Waals surface area (Å²) in [6, 6.07) is 0. The van der Waals surface area contributed by atoms with Crippen molar-refractivity contribution in [1.82, 2.24) is 0 Å². The second-order valence-electron chi connectivity index (χ2n) is 7.76. The van der Waals surface area contributed by atoms with E-state index in [0.717, 1.165) is 32.1 Å². The first kappa shape index (κ1) is 17.1. The Morgan fingerprint density at radius 1 is 1.45 bits per heavy atom. The zero-order chi connectivity index (χ0) is 16.5. The van der Waals surface area contributed by atoms with Gasteiger partial charge < -0.3 is 5.11 Å². The van der Waals surface area contributed by atoms with E-state index >= 15 is 0 Å². The predicted octanol–water partition coefficient (Wildman–Crippen LogP) is 5.37. The molecule has 0 aromatic rings. The molecule has 122 valence electrons. The summed E-state index contributed by atoms with van der Waals surface area (Å²) in [6.45, 7) is 12.4. The number of rotatable bonds is 4. The standard InChI is InChI=1S/C20H30O2/c1-6-14(2)8-10-16-15(3)9-11-17-19(16,4)12-7-13-20(17,5)18(21)22/h6,8-9,16-17H,1,7,10-13H2,2-5H3,(H,21,22)/b14-8+/t16-,17+,19+,20+/m0/s1. The Morgan fingerprint density at radius 2 is 2.14 bits per heavy atom. The average molecular weight is 302 g/mol. The van der Waals surface area contributed by atoms with Gasteiger partial charge in [-0.25, -0.2) is 0 Å². The number of hydrogen-bond acceptors (Lipinski definition) is 1. The van der Waals surface area contributed by atoms with Crippen LogP contribution in [0.4, 0.5) is 0 Å². The van der Waals surface area contributed by atoms with E-state index in [1.807, 2.05) is 13.0 Å². The second kappa shape index (κ2) is 6.06.